The predicted octanol–water partition coefficient (Wildman–Crippen LogP) is 3.05. The van der Waals surface area contributed by atoms with E-state index < -0.39 is 11.7 Å². The van der Waals surface area contributed by atoms with E-state index in [0.717, 1.165) is 18.5 Å². The lowest BCUT2D eigenvalue weighted by molar-refractivity contribution is -0.116. The van der Waals surface area contributed by atoms with Gasteiger partial charge in [-0.3, -0.25) is 9.89 Å². The highest BCUT2D eigenvalue weighted by molar-refractivity contribution is 5.90. The first kappa shape index (κ1) is 19.5. The molecule has 140 valence electrons. The minimum atomic E-state index is -0.558. The Morgan fingerprint density at radius 1 is 1.15 bits per heavy atom. The number of aryl methyl sites for hydroxylation is 2. The first-order valence-corrected chi connectivity index (χ1v) is 8.67. The van der Waals surface area contributed by atoms with E-state index >= 15 is 0 Å². The van der Waals surface area contributed by atoms with Gasteiger partial charge in [0.2, 0.25) is 5.91 Å². The van der Waals surface area contributed by atoms with Crippen LogP contribution in [0.2, 0.25) is 0 Å². The van der Waals surface area contributed by atoms with Crippen molar-refractivity contribution < 1.29 is 14.3 Å². The van der Waals surface area contributed by atoms with Crippen molar-refractivity contribution in [3.05, 3.63) is 47.7 Å². The number of nitrogens with zero attached hydrogens (tertiary/aromatic N) is 1. The van der Waals surface area contributed by atoms with Gasteiger partial charge in [-0.05, 0) is 39.2 Å². The van der Waals surface area contributed by atoms with E-state index in [9.17, 15) is 9.59 Å². The summed E-state index contributed by atoms with van der Waals surface area (Å²) in [5, 5.41) is 12.3. The Labute approximate surface area is 153 Å². The largest absolute Gasteiger partial charge is 0.444 e. The second-order valence-electron chi connectivity index (χ2n) is 6.99. The summed E-state index contributed by atoms with van der Waals surface area (Å²) in [6, 6.07) is 12.0. The molecular weight excluding hydrogens is 332 g/mol. The van der Waals surface area contributed by atoms with Crippen molar-refractivity contribution in [3.8, 4) is 0 Å². The summed E-state index contributed by atoms with van der Waals surface area (Å²) in [5.74, 6) is 0.262. The molecule has 0 saturated carbocycles. The quantitative estimate of drug-likeness (QED) is 0.709. The number of aromatic nitrogens is 2. The zero-order chi connectivity index (χ0) is 19.0. The third-order valence-electron chi connectivity index (χ3n) is 3.44. The van der Waals surface area contributed by atoms with Crippen molar-refractivity contribution in [1.29, 1.82) is 0 Å². The molecule has 2 rings (SSSR count). The number of anilines is 1. The van der Waals surface area contributed by atoms with Gasteiger partial charge >= 0.3 is 6.09 Å². The molecule has 2 aromatic rings. The topological polar surface area (TPSA) is 96.1 Å². The Hall–Kier alpha value is -2.83. The number of amides is 2. The summed E-state index contributed by atoms with van der Waals surface area (Å²) >= 11 is 0. The number of alkyl carbamates (subject to hydrolysis) is 1. The molecule has 0 spiro atoms. The molecule has 0 fully saturated rings. The Kier molecular flexibility index (Phi) is 6.77. The molecule has 7 nitrogen and oxygen atoms in total. The normalized spacial score (nSPS) is 11.0. The van der Waals surface area contributed by atoms with E-state index in [-0.39, 0.29) is 18.9 Å². The number of H-pyrrole nitrogens is 1. The number of ether oxygens (including phenoxy) is 1. The minimum absolute atomic E-state index is 0.144. The van der Waals surface area contributed by atoms with Crippen molar-refractivity contribution in [2.45, 2.75) is 45.6 Å². The molecule has 2 amide bonds. The molecule has 0 bridgehead atoms. The van der Waals surface area contributed by atoms with E-state index in [2.05, 4.69) is 33.0 Å². The third kappa shape index (κ3) is 7.38. The van der Waals surface area contributed by atoms with Gasteiger partial charge in [0, 0.05) is 24.7 Å². The van der Waals surface area contributed by atoms with Crippen LogP contribution in [0.1, 0.15) is 38.4 Å². The van der Waals surface area contributed by atoms with E-state index in [4.69, 9.17) is 4.74 Å². The lowest BCUT2D eigenvalue weighted by Gasteiger charge is -2.19. The molecule has 0 atom stereocenters. The average molecular weight is 358 g/mol. The molecule has 0 aliphatic rings. The molecule has 1 heterocycles. The molecule has 0 aliphatic heterocycles. The van der Waals surface area contributed by atoms with Gasteiger partial charge in [0.15, 0.2) is 5.82 Å². The molecule has 0 aliphatic carbocycles. The van der Waals surface area contributed by atoms with Crippen LogP contribution in [0.15, 0.2) is 36.4 Å². The van der Waals surface area contributed by atoms with Gasteiger partial charge in [-0.15, -0.1) is 0 Å². The molecule has 3 N–H and O–H groups in total. The fourth-order valence-corrected chi connectivity index (χ4v) is 2.28. The molecule has 1 aromatic heterocycles. The second kappa shape index (κ2) is 9.03. The van der Waals surface area contributed by atoms with Crippen LogP contribution in [0.4, 0.5) is 10.6 Å². The van der Waals surface area contributed by atoms with E-state index in [1.54, 1.807) is 20.8 Å². The molecule has 1 aromatic carbocycles. The molecular formula is C19H26N4O3. The maximum absolute atomic E-state index is 11.9. The third-order valence-corrected chi connectivity index (χ3v) is 3.44. The summed E-state index contributed by atoms with van der Waals surface area (Å²) in [7, 11) is 0. The maximum Gasteiger partial charge on any atom is 0.407 e. The number of carbonyl (C=O) groups is 2. The number of aromatic amines is 1. The van der Waals surface area contributed by atoms with Crippen molar-refractivity contribution in [3.63, 3.8) is 0 Å². The standard InChI is InChI=1S/C19H26N4O3/c1-19(2,3)26-18(25)20-12-11-17(24)21-16-13-15(22-23-16)10-9-14-7-5-4-6-8-14/h4-8,13H,9-12H2,1-3H3,(H,20,25)(H2,21,22,23,24). The van der Waals surface area contributed by atoms with Gasteiger partial charge in [-0.25, -0.2) is 4.79 Å². The minimum Gasteiger partial charge on any atom is -0.444 e. The number of hydrogen-bond acceptors (Lipinski definition) is 4. The predicted molar refractivity (Wildman–Crippen MR) is 99.9 cm³/mol. The van der Waals surface area contributed by atoms with Crippen LogP contribution < -0.4 is 10.6 Å². The first-order chi connectivity index (χ1) is 12.3. The zero-order valence-electron chi connectivity index (χ0n) is 15.5. The fourth-order valence-electron chi connectivity index (χ4n) is 2.28. The number of benzene rings is 1. The van der Waals surface area contributed by atoms with Crippen LogP contribution in [0.3, 0.4) is 0 Å². The van der Waals surface area contributed by atoms with E-state index in [1.165, 1.54) is 5.56 Å². The van der Waals surface area contributed by atoms with Gasteiger partial charge in [0.1, 0.15) is 5.60 Å². The number of carbonyl (C=O) groups excluding carboxylic acids is 2. The lowest BCUT2D eigenvalue weighted by atomic mass is 10.1. The number of rotatable bonds is 7. The zero-order valence-corrected chi connectivity index (χ0v) is 15.5. The summed E-state index contributed by atoms with van der Waals surface area (Å²) in [6.45, 7) is 5.55. The first-order valence-electron chi connectivity index (χ1n) is 8.67. The lowest BCUT2D eigenvalue weighted by Crippen LogP contribution is -2.34. The highest BCUT2D eigenvalue weighted by Gasteiger charge is 2.16. The van der Waals surface area contributed by atoms with E-state index in [1.807, 2.05) is 24.3 Å². The SMILES string of the molecule is CC(C)(C)OC(=O)NCCC(=O)Nc1cc(CCc2ccccc2)[nH]n1. The second-order valence-corrected chi connectivity index (χ2v) is 6.99. The smallest absolute Gasteiger partial charge is 0.407 e. The number of nitrogens with one attached hydrogen (secondary N) is 3. The highest BCUT2D eigenvalue weighted by Crippen LogP contribution is 2.10. The van der Waals surface area contributed by atoms with Gasteiger partial charge in [-0.1, -0.05) is 30.3 Å². The number of hydrogen-bond donors (Lipinski definition) is 3. The van der Waals surface area contributed by atoms with Crippen LogP contribution in [-0.4, -0.2) is 34.3 Å². The maximum atomic E-state index is 11.9. The highest BCUT2D eigenvalue weighted by atomic mass is 16.6. The molecule has 0 unspecified atom stereocenters. The molecule has 26 heavy (non-hydrogen) atoms. The van der Waals surface area contributed by atoms with Crippen LogP contribution in [-0.2, 0) is 22.4 Å². The molecule has 0 saturated heterocycles. The van der Waals surface area contributed by atoms with E-state index in [0.29, 0.717) is 5.82 Å². The summed E-state index contributed by atoms with van der Waals surface area (Å²) in [4.78, 5) is 23.4. The van der Waals surface area contributed by atoms with Crippen LogP contribution >= 0.6 is 0 Å². The summed E-state index contributed by atoms with van der Waals surface area (Å²) in [6.07, 6.45) is 1.32. The fraction of sp³-hybridized carbons (Fsp3) is 0.421. The Bertz CT molecular complexity index is 720. The summed E-state index contributed by atoms with van der Waals surface area (Å²) < 4.78 is 5.11. The van der Waals surface area contributed by atoms with Gasteiger partial charge < -0.3 is 15.4 Å². The average Bonchev–Trinajstić information content (AvgIpc) is 2.99. The molecule has 7 heteroatoms. The Morgan fingerprint density at radius 2 is 1.88 bits per heavy atom. The van der Waals surface area contributed by atoms with Gasteiger partial charge in [0.25, 0.3) is 0 Å². The summed E-state index contributed by atoms with van der Waals surface area (Å²) in [5.41, 5.74) is 1.65. The Balaban J connectivity index is 1.69. The van der Waals surface area contributed by atoms with Crippen molar-refractivity contribution in [2.75, 3.05) is 11.9 Å². The van der Waals surface area contributed by atoms with Crippen molar-refractivity contribution in [2.24, 2.45) is 0 Å². The van der Waals surface area contributed by atoms with Crippen LogP contribution in [0.5, 0.6) is 0 Å². The van der Waals surface area contributed by atoms with Gasteiger partial charge in [-0.2, -0.15) is 5.10 Å². The molecule has 0 radical (unpaired) electrons. The van der Waals surface area contributed by atoms with Crippen LogP contribution in [0.25, 0.3) is 0 Å². The van der Waals surface area contributed by atoms with Crippen molar-refractivity contribution in [1.82, 2.24) is 15.5 Å². The van der Waals surface area contributed by atoms with Crippen LogP contribution in [0, 0.1) is 0 Å². The van der Waals surface area contributed by atoms with Crippen molar-refractivity contribution >= 4 is 17.8 Å². The Morgan fingerprint density at radius 3 is 2.58 bits per heavy atom. The van der Waals surface area contributed by atoms with Gasteiger partial charge in [0.05, 0.1) is 0 Å². The monoisotopic (exact) mass is 358 g/mol.